The number of aryl methyl sites for hydroxylation is 1. The Morgan fingerprint density at radius 2 is 1.90 bits per heavy atom. The average Bonchev–Trinajstić information content (AvgIpc) is 2.46. The Hall–Kier alpha value is -2.04. The average molecular weight is 291 g/mol. The highest BCUT2D eigenvalue weighted by Gasteiger charge is 2.27. The Kier molecular flexibility index (Phi) is 5.76. The smallest absolute Gasteiger partial charge is 0.253 e. The van der Waals surface area contributed by atoms with E-state index in [4.69, 9.17) is 0 Å². The van der Waals surface area contributed by atoms with E-state index in [0.717, 1.165) is 17.8 Å². The predicted molar refractivity (Wildman–Crippen MR) is 85.5 cm³/mol. The van der Waals surface area contributed by atoms with E-state index in [-0.39, 0.29) is 18.4 Å². The molecular weight excluding hydrogens is 266 g/mol. The molecule has 0 heterocycles. The van der Waals surface area contributed by atoms with Gasteiger partial charge in [0.15, 0.2) is 0 Å². The van der Waals surface area contributed by atoms with Crippen LogP contribution >= 0.6 is 0 Å². The summed E-state index contributed by atoms with van der Waals surface area (Å²) in [6.45, 7) is 8.55. The van der Waals surface area contributed by atoms with Crippen LogP contribution in [0.25, 0.3) is 0 Å². The molecule has 0 atom stereocenters. The summed E-state index contributed by atoms with van der Waals surface area (Å²) in [7, 11) is 1.59. The lowest BCUT2D eigenvalue weighted by Crippen LogP contribution is -2.43. The molecule has 2 amide bonds. The van der Waals surface area contributed by atoms with Gasteiger partial charge in [-0.3, -0.25) is 9.59 Å². The number of rotatable bonds is 6. The summed E-state index contributed by atoms with van der Waals surface area (Å²) in [5, 5.41) is 8.62. The van der Waals surface area contributed by atoms with Crippen LogP contribution in [0, 0.1) is 12.3 Å². The van der Waals surface area contributed by atoms with Crippen LogP contribution < -0.4 is 16.0 Å². The molecule has 0 aromatic heterocycles. The van der Waals surface area contributed by atoms with Gasteiger partial charge in [0, 0.05) is 25.8 Å². The van der Waals surface area contributed by atoms with Gasteiger partial charge in [-0.15, -0.1) is 0 Å². The van der Waals surface area contributed by atoms with Crippen molar-refractivity contribution >= 4 is 17.5 Å². The van der Waals surface area contributed by atoms with Gasteiger partial charge in [-0.25, -0.2) is 0 Å². The van der Waals surface area contributed by atoms with Gasteiger partial charge in [0.2, 0.25) is 5.91 Å². The van der Waals surface area contributed by atoms with Crippen LogP contribution in [0.3, 0.4) is 0 Å². The van der Waals surface area contributed by atoms with Gasteiger partial charge in [0.05, 0.1) is 11.0 Å². The molecule has 1 rings (SSSR count). The minimum absolute atomic E-state index is 0.0982. The predicted octanol–water partition coefficient (Wildman–Crippen LogP) is 1.93. The van der Waals surface area contributed by atoms with Crippen molar-refractivity contribution in [2.75, 3.05) is 25.5 Å². The Morgan fingerprint density at radius 3 is 2.48 bits per heavy atom. The van der Waals surface area contributed by atoms with E-state index in [2.05, 4.69) is 16.0 Å². The van der Waals surface area contributed by atoms with E-state index in [9.17, 15) is 9.59 Å². The molecule has 5 nitrogen and oxygen atoms in total. The number of hydrogen-bond donors (Lipinski definition) is 3. The summed E-state index contributed by atoms with van der Waals surface area (Å²) in [4.78, 5) is 24.1. The summed E-state index contributed by atoms with van der Waals surface area (Å²) >= 11 is 0. The minimum Gasteiger partial charge on any atom is -0.385 e. The molecule has 0 bridgehead atoms. The number of carbonyl (C=O) groups excluding carboxylic acids is 2. The second-order valence-electron chi connectivity index (χ2n) is 5.73. The van der Waals surface area contributed by atoms with Crippen molar-refractivity contribution in [1.29, 1.82) is 0 Å². The number of amides is 2. The highest BCUT2D eigenvalue weighted by Crippen LogP contribution is 2.18. The number of anilines is 1. The molecule has 0 radical (unpaired) electrons. The fourth-order valence-corrected chi connectivity index (χ4v) is 2.01. The second-order valence-corrected chi connectivity index (χ2v) is 5.73. The van der Waals surface area contributed by atoms with Crippen LogP contribution in [0.2, 0.25) is 0 Å². The lowest BCUT2D eigenvalue weighted by molar-refractivity contribution is -0.128. The number of benzene rings is 1. The third-order valence-corrected chi connectivity index (χ3v) is 3.32. The Balaban J connectivity index is 2.85. The third-order valence-electron chi connectivity index (χ3n) is 3.32. The van der Waals surface area contributed by atoms with Gasteiger partial charge in [0.25, 0.3) is 5.91 Å². The Morgan fingerprint density at radius 1 is 1.24 bits per heavy atom. The van der Waals surface area contributed by atoms with Crippen molar-refractivity contribution in [1.82, 2.24) is 10.6 Å². The van der Waals surface area contributed by atoms with Crippen molar-refractivity contribution in [2.45, 2.75) is 27.7 Å². The molecule has 0 aliphatic heterocycles. The zero-order chi connectivity index (χ0) is 16.0. The molecule has 21 heavy (non-hydrogen) atoms. The molecule has 1 aromatic rings. The maximum absolute atomic E-state index is 12.4. The van der Waals surface area contributed by atoms with Crippen LogP contribution in [0.5, 0.6) is 0 Å². The first-order valence-electron chi connectivity index (χ1n) is 7.16. The largest absolute Gasteiger partial charge is 0.385 e. The van der Waals surface area contributed by atoms with Crippen molar-refractivity contribution in [2.24, 2.45) is 5.41 Å². The van der Waals surface area contributed by atoms with E-state index in [1.54, 1.807) is 20.9 Å². The standard InChI is InChI=1S/C16H25N3O2/c1-6-18-13-8-7-11(2)9-12(13)14(20)19-10-16(3,4)15(21)17-5/h7-9,18H,6,10H2,1-5H3,(H,17,21)(H,19,20). The third kappa shape index (κ3) is 4.48. The number of nitrogens with one attached hydrogen (secondary N) is 3. The SMILES string of the molecule is CCNc1ccc(C)cc1C(=O)NCC(C)(C)C(=O)NC. The quantitative estimate of drug-likeness (QED) is 0.750. The van der Waals surface area contributed by atoms with Crippen molar-refractivity contribution in [3.8, 4) is 0 Å². The molecule has 0 saturated heterocycles. The van der Waals surface area contributed by atoms with Crippen LogP contribution in [0.4, 0.5) is 5.69 Å². The Bertz CT molecular complexity index is 524. The first kappa shape index (κ1) is 17.0. The molecule has 3 N–H and O–H groups in total. The monoisotopic (exact) mass is 291 g/mol. The molecular formula is C16H25N3O2. The van der Waals surface area contributed by atoms with Crippen LogP contribution in [0.15, 0.2) is 18.2 Å². The maximum Gasteiger partial charge on any atom is 0.253 e. The van der Waals surface area contributed by atoms with E-state index in [1.807, 2.05) is 32.0 Å². The maximum atomic E-state index is 12.4. The van der Waals surface area contributed by atoms with Gasteiger partial charge >= 0.3 is 0 Å². The zero-order valence-electron chi connectivity index (χ0n) is 13.5. The van der Waals surface area contributed by atoms with Gasteiger partial charge in [-0.1, -0.05) is 11.6 Å². The summed E-state index contributed by atoms with van der Waals surface area (Å²) in [5.41, 5.74) is 1.78. The van der Waals surface area contributed by atoms with Gasteiger partial charge < -0.3 is 16.0 Å². The van der Waals surface area contributed by atoms with Crippen LogP contribution in [-0.2, 0) is 4.79 Å². The Labute approximate surface area is 126 Å². The van der Waals surface area contributed by atoms with Gasteiger partial charge in [-0.2, -0.15) is 0 Å². The number of hydrogen-bond acceptors (Lipinski definition) is 3. The summed E-state index contributed by atoms with van der Waals surface area (Å²) in [6, 6.07) is 5.71. The lowest BCUT2D eigenvalue weighted by Gasteiger charge is -2.23. The molecule has 1 aromatic carbocycles. The second kappa shape index (κ2) is 7.11. The molecule has 0 spiro atoms. The molecule has 0 aliphatic carbocycles. The highest BCUT2D eigenvalue weighted by molar-refractivity contribution is 6.00. The van der Waals surface area contributed by atoms with Gasteiger partial charge in [0.1, 0.15) is 0 Å². The number of carbonyl (C=O) groups is 2. The fraction of sp³-hybridized carbons (Fsp3) is 0.500. The molecule has 5 heteroatoms. The van der Waals surface area contributed by atoms with Crippen LogP contribution in [-0.4, -0.2) is 32.0 Å². The van der Waals surface area contributed by atoms with Crippen LogP contribution in [0.1, 0.15) is 36.7 Å². The minimum atomic E-state index is -0.646. The molecule has 0 aliphatic rings. The van der Waals surface area contributed by atoms with E-state index >= 15 is 0 Å². The molecule has 0 fully saturated rings. The summed E-state index contributed by atoms with van der Waals surface area (Å²) < 4.78 is 0. The van der Waals surface area contributed by atoms with Crippen molar-refractivity contribution < 1.29 is 9.59 Å². The van der Waals surface area contributed by atoms with E-state index < -0.39 is 5.41 Å². The first-order chi connectivity index (χ1) is 9.81. The first-order valence-corrected chi connectivity index (χ1v) is 7.16. The van der Waals surface area contributed by atoms with Gasteiger partial charge in [-0.05, 0) is 39.8 Å². The van der Waals surface area contributed by atoms with Crippen molar-refractivity contribution in [3.05, 3.63) is 29.3 Å². The molecule has 116 valence electrons. The highest BCUT2D eigenvalue weighted by atomic mass is 16.2. The summed E-state index contributed by atoms with van der Waals surface area (Å²) in [6.07, 6.45) is 0. The lowest BCUT2D eigenvalue weighted by atomic mass is 9.92. The zero-order valence-corrected chi connectivity index (χ0v) is 13.5. The van der Waals surface area contributed by atoms with E-state index in [0.29, 0.717) is 5.56 Å². The fourth-order valence-electron chi connectivity index (χ4n) is 2.01. The van der Waals surface area contributed by atoms with E-state index in [1.165, 1.54) is 0 Å². The molecule has 0 unspecified atom stereocenters. The van der Waals surface area contributed by atoms with Crippen molar-refractivity contribution in [3.63, 3.8) is 0 Å². The topological polar surface area (TPSA) is 70.2 Å². The summed E-state index contributed by atoms with van der Waals surface area (Å²) in [5.74, 6) is -0.273. The normalized spacial score (nSPS) is 10.9. The molecule has 0 saturated carbocycles.